The molecule has 2 aromatic carbocycles. The summed E-state index contributed by atoms with van der Waals surface area (Å²) in [4.78, 5) is 23.3. The molecule has 7 heteroatoms. The average Bonchev–Trinajstić information content (AvgIpc) is 2.65. The number of carbonyl (C=O) groups excluding carboxylic acids is 1. The molecule has 3 rings (SSSR count). The quantitative estimate of drug-likeness (QED) is 0.810. The van der Waals surface area contributed by atoms with Gasteiger partial charge in [0.15, 0.2) is 11.5 Å². The first kappa shape index (κ1) is 18.1. The van der Waals surface area contributed by atoms with Crippen molar-refractivity contribution in [2.75, 3.05) is 13.2 Å². The lowest BCUT2D eigenvalue weighted by Gasteiger charge is -2.20. The molecular weight excluding hydrogens is 358 g/mol. The number of aromatic carboxylic acids is 1. The molecule has 2 N–H and O–H groups in total. The third-order valence-electron chi connectivity index (χ3n) is 4.02. The van der Waals surface area contributed by atoms with E-state index in [1.807, 2.05) is 0 Å². The monoisotopic (exact) mass is 375 g/mol. The Balaban J connectivity index is 1.57. The highest BCUT2D eigenvalue weighted by molar-refractivity contribution is 6.32. The minimum Gasteiger partial charge on any atom is -0.486 e. The summed E-state index contributed by atoms with van der Waals surface area (Å²) in [7, 11) is 0. The van der Waals surface area contributed by atoms with Crippen LogP contribution in [0.2, 0.25) is 5.02 Å². The van der Waals surface area contributed by atoms with Gasteiger partial charge >= 0.3 is 5.97 Å². The number of benzene rings is 2. The molecule has 0 aromatic heterocycles. The van der Waals surface area contributed by atoms with Crippen molar-refractivity contribution in [1.29, 1.82) is 0 Å². The molecule has 1 amide bonds. The van der Waals surface area contributed by atoms with Gasteiger partial charge in [0.05, 0.1) is 10.6 Å². The Bertz CT molecular complexity index is 837. The van der Waals surface area contributed by atoms with E-state index in [4.69, 9.17) is 21.1 Å². The van der Waals surface area contributed by atoms with Gasteiger partial charge in [0.25, 0.3) is 0 Å². The summed E-state index contributed by atoms with van der Waals surface area (Å²) < 4.78 is 11.0. The first-order chi connectivity index (χ1) is 12.5. The highest BCUT2D eigenvalue weighted by Gasteiger charge is 2.17. The Kier molecular flexibility index (Phi) is 5.63. The van der Waals surface area contributed by atoms with Crippen LogP contribution in [0.5, 0.6) is 11.5 Å². The van der Waals surface area contributed by atoms with Crippen LogP contribution in [-0.4, -0.2) is 30.2 Å². The van der Waals surface area contributed by atoms with Gasteiger partial charge in [-0.3, -0.25) is 4.79 Å². The zero-order valence-corrected chi connectivity index (χ0v) is 14.7. The fourth-order valence-electron chi connectivity index (χ4n) is 2.75. The van der Waals surface area contributed by atoms with Crippen LogP contribution >= 0.6 is 11.6 Å². The van der Waals surface area contributed by atoms with Gasteiger partial charge in [-0.15, -0.1) is 0 Å². The van der Waals surface area contributed by atoms with Gasteiger partial charge in [-0.1, -0.05) is 29.8 Å². The molecule has 1 aliphatic heterocycles. The number of nitrogens with one attached hydrogen (secondary N) is 1. The molecule has 136 valence electrons. The number of amides is 1. The molecule has 2 aromatic rings. The van der Waals surface area contributed by atoms with E-state index < -0.39 is 5.97 Å². The number of carbonyl (C=O) groups is 2. The summed E-state index contributed by atoms with van der Waals surface area (Å²) in [5.41, 5.74) is 1.66. The van der Waals surface area contributed by atoms with Gasteiger partial charge in [0.2, 0.25) is 5.91 Å². The lowest BCUT2D eigenvalue weighted by molar-refractivity contribution is -0.121. The maximum Gasteiger partial charge on any atom is 0.335 e. The first-order valence-corrected chi connectivity index (χ1v) is 8.58. The number of carboxylic acids is 1. The number of hydrogen-bond acceptors (Lipinski definition) is 4. The van der Waals surface area contributed by atoms with Gasteiger partial charge in [-0.2, -0.15) is 0 Å². The first-order valence-electron chi connectivity index (χ1n) is 8.20. The number of carboxylic acid groups (broad SMARTS) is 1. The highest BCUT2D eigenvalue weighted by atomic mass is 35.5. The van der Waals surface area contributed by atoms with Gasteiger partial charge in [0.1, 0.15) is 13.2 Å². The number of ether oxygens (including phenoxy) is 2. The Hall–Kier alpha value is -2.73. The Morgan fingerprint density at radius 2 is 1.92 bits per heavy atom. The standard InChI is InChI=1S/C19H18ClNO5/c20-15-9-12(10-16-18(15)26-8-7-25-16)11-21-17(22)6-5-13-3-1-2-4-14(13)19(23)24/h1-4,9-10H,5-8,11H2,(H,21,22)(H,23,24). The molecule has 0 aliphatic carbocycles. The fourth-order valence-corrected chi connectivity index (χ4v) is 3.04. The number of fused-ring (bicyclic) bond motifs is 1. The van der Waals surface area contributed by atoms with Gasteiger partial charge in [-0.05, 0) is 35.7 Å². The van der Waals surface area contributed by atoms with E-state index in [0.29, 0.717) is 48.3 Å². The summed E-state index contributed by atoms with van der Waals surface area (Å²) in [6, 6.07) is 10.2. The molecule has 0 saturated carbocycles. The number of hydrogen-bond donors (Lipinski definition) is 2. The minimum atomic E-state index is -0.994. The van der Waals surface area contributed by atoms with E-state index in [1.165, 1.54) is 6.07 Å². The smallest absolute Gasteiger partial charge is 0.335 e. The van der Waals surface area contributed by atoms with Crippen LogP contribution in [-0.2, 0) is 17.8 Å². The van der Waals surface area contributed by atoms with Crippen molar-refractivity contribution in [3.05, 3.63) is 58.1 Å². The van der Waals surface area contributed by atoms with Crippen molar-refractivity contribution in [2.45, 2.75) is 19.4 Å². The molecular formula is C19H18ClNO5. The van der Waals surface area contributed by atoms with Crippen LogP contribution in [0.15, 0.2) is 36.4 Å². The van der Waals surface area contributed by atoms with Crippen LogP contribution in [0.25, 0.3) is 0 Å². The van der Waals surface area contributed by atoms with Crippen LogP contribution in [0, 0.1) is 0 Å². The fraction of sp³-hybridized carbons (Fsp3) is 0.263. The molecule has 0 atom stereocenters. The second kappa shape index (κ2) is 8.10. The summed E-state index contributed by atoms with van der Waals surface area (Å²) in [6.07, 6.45) is 0.554. The van der Waals surface area contributed by atoms with Gasteiger partial charge in [-0.25, -0.2) is 4.79 Å². The number of rotatable bonds is 6. The molecule has 0 spiro atoms. The normalized spacial score (nSPS) is 12.5. The van der Waals surface area contributed by atoms with Gasteiger partial charge in [0, 0.05) is 13.0 Å². The zero-order chi connectivity index (χ0) is 18.5. The summed E-state index contributed by atoms with van der Waals surface area (Å²) >= 11 is 6.18. The molecule has 6 nitrogen and oxygen atoms in total. The summed E-state index contributed by atoms with van der Waals surface area (Å²) in [5.74, 6) is -0.0650. The summed E-state index contributed by atoms with van der Waals surface area (Å²) in [6.45, 7) is 1.22. The van der Waals surface area contributed by atoms with Crippen molar-refractivity contribution < 1.29 is 24.2 Å². The third-order valence-corrected chi connectivity index (χ3v) is 4.30. The predicted molar refractivity (Wildman–Crippen MR) is 96.0 cm³/mol. The van der Waals surface area contributed by atoms with Crippen molar-refractivity contribution in [2.24, 2.45) is 0 Å². The van der Waals surface area contributed by atoms with E-state index in [1.54, 1.807) is 30.3 Å². The molecule has 0 unspecified atom stereocenters. The van der Waals surface area contributed by atoms with Crippen LogP contribution in [0.1, 0.15) is 27.9 Å². The Morgan fingerprint density at radius 1 is 1.15 bits per heavy atom. The second-order valence-electron chi connectivity index (χ2n) is 5.84. The van der Waals surface area contributed by atoms with E-state index in [0.717, 1.165) is 5.56 Å². The molecule has 0 radical (unpaired) electrons. The van der Waals surface area contributed by atoms with Crippen molar-refractivity contribution >= 4 is 23.5 Å². The van der Waals surface area contributed by atoms with Crippen LogP contribution in [0.4, 0.5) is 0 Å². The SMILES string of the molecule is O=C(CCc1ccccc1C(=O)O)NCc1cc(Cl)c2c(c1)OCCO2. The second-order valence-corrected chi connectivity index (χ2v) is 6.25. The van der Waals surface area contributed by atoms with Crippen molar-refractivity contribution in [3.63, 3.8) is 0 Å². The molecule has 1 aliphatic rings. The molecule has 0 bridgehead atoms. The van der Waals surface area contributed by atoms with Crippen molar-refractivity contribution in [1.82, 2.24) is 5.32 Å². The lowest BCUT2D eigenvalue weighted by Crippen LogP contribution is -2.23. The highest BCUT2D eigenvalue weighted by Crippen LogP contribution is 2.38. The molecule has 0 saturated heterocycles. The Morgan fingerprint density at radius 3 is 2.73 bits per heavy atom. The molecule has 26 heavy (non-hydrogen) atoms. The van der Waals surface area contributed by atoms with Crippen LogP contribution in [0.3, 0.4) is 0 Å². The summed E-state index contributed by atoms with van der Waals surface area (Å²) in [5, 5.41) is 12.4. The van der Waals surface area contributed by atoms with E-state index in [9.17, 15) is 14.7 Å². The minimum absolute atomic E-state index is 0.170. The largest absolute Gasteiger partial charge is 0.486 e. The Labute approximate surface area is 155 Å². The predicted octanol–water partition coefficient (Wildman–Crippen LogP) is 3.06. The maximum atomic E-state index is 12.1. The molecule has 1 heterocycles. The van der Waals surface area contributed by atoms with E-state index >= 15 is 0 Å². The topological polar surface area (TPSA) is 84.9 Å². The van der Waals surface area contributed by atoms with Crippen LogP contribution < -0.4 is 14.8 Å². The number of halogens is 1. The third kappa shape index (κ3) is 4.26. The lowest BCUT2D eigenvalue weighted by atomic mass is 10.0. The maximum absolute atomic E-state index is 12.1. The average molecular weight is 376 g/mol. The molecule has 0 fully saturated rings. The van der Waals surface area contributed by atoms with Gasteiger partial charge < -0.3 is 19.9 Å². The van der Waals surface area contributed by atoms with Crippen molar-refractivity contribution in [3.8, 4) is 11.5 Å². The van der Waals surface area contributed by atoms with E-state index in [2.05, 4.69) is 5.32 Å². The number of aryl methyl sites for hydroxylation is 1. The zero-order valence-electron chi connectivity index (χ0n) is 14.0. The van der Waals surface area contributed by atoms with E-state index in [-0.39, 0.29) is 17.9 Å².